The number of hydrogen-bond donors (Lipinski definition) is 1. The summed E-state index contributed by atoms with van der Waals surface area (Å²) in [6.07, 6.45) is 3.41. The Hall–Kier alpha value is -1.53. The molecule has 1 saturated heterocycles. The summed E-state index contributed by atoms with van der Waals surface area (Å²) in [5.41, 5.74) is 6.82. The van der Waals surface area contributed by atoms with E-state index in [1.165, 1.54) is 18.6 Å². The van der Waals surface area contributed by atoms with Crippen molar-refractivity contribution in [3.05, 3.63) is 35.4 Å². The minimum absolute atomic E-state index is 0.00716. The van der Waals surface area contributed by atoms with Gasteiger partial charge in [-0.15, -0.1) is 0 Å². The summed E-state index contributed by atoms with van der Waals surface area (Å²) in [4.78, 5) is 17.1. The van der Waals surface area contributed by atoms with Gasteiger partial charge in [-0.05, 0) is 44.1 Å². The molecule has 3 aliphatic rings. The third-order valence-electron chi connectivity index (χ3n) is 6.85. The van der Waals surface area contributed by atoms with Crippen LogP contribution < -0.4 is 5.73 Å². The van der Waals surface area contributed by atoms with Crippen LogP contribution in [-0.4, -0.2) is 47.9 Å². The molecule has 1 amide bonds. The van der Waals surface area contributed by atoms with Crippen LogP contribution in [0.3, 0.4) is 0 Å². The van der Waals surface area contributed by atoms with E-state index in [1.807, 2.05) is 11.8 Å². The fraction of sp³-hybridized carbons (Fsp3) is 0.650. The lowest BCUT2D eigenvalue weighted by atomic mass is 9.84. The highest BCUT2D eigenvalue weighted by molar-refractivity contribution is 5.80. The first kappa shape index (κ1) is 17.9. The molecule has 4 nitrogen and oxygen atoms in total. The third-order valence-corrected chi connectivity index (χ3v) is 6.85. The van der Waals surface area contributed by atoms with Gasteiger partial charge < -0.3 is 10.6 Å². The van der Waals surface area contributed by atoms with E-state index in [9.17, 15) is 13.6 Å². The lowest BCUT2D eigenvalue weighted by Crippen LogP contribution is -2.54. The minimum atomic E-state index is -0.559. The van der Waals surface area contributed by atoms with Gasteiger partial charge >= 0.3 is 0 Å². The lowest BCUT2D eigenvalue weighted by molar-refractivity contribution is -0.139. The molecule has 1 aromatic rings. The average Bonchev–Trinajstić information content (AvgIpc) is 3.22. The number of benzene rings is 1. The predicted molar refractivity (Wildman–Crippen MR) is 95.2 cm³/mol. The summed E-state index contributed by atoms with van der Waals surface area (Å²) >= 11 is 0. The van der Waals surface area contributed by atoms with Gasteiger partial charge in [0, 0.05) is 49.9 Å². The number of carbonyl (C=O) groups excluding carboxylic acids is 1. The largest absolute Gasteiger partial charge is 0.340 e. The van der Waals surface area contributed by atoms with Crippen LogP contribution in [-0.2, 0) is 4.79 Å². The van der Waals surface area contributed by atoms with Crippen LogP contribution in [0.1, 0.15) is 37.8 Å². The Morgan fingerprint density at radius 2 is 1.85 bits per heavy atom. The summed E-state index contributed by atoms with van der Waals surface area (Å²) in [5, 5.41) is 0. The molecule has 5 atom stereocenters. The molecule has 142 valence electrons. The van der Waals surface area contributed by atoms with Gasteiger partial charge in [0.25, 0.3) is 0 Å². The molecule has 2 N–H and O–H groups in total. The van der Waals surface area contributed by atoms with Crippen molar-refractivity contribution in [1.82, 2.24) is 9.80 Å². The molecule has 1 heterocycles. The number of nitrogens with two attached hydrogens (primary N) is 1. The number of carbonyl (C=O) groups is 1. The van der Waals surface area contributed by atoms with Crippen molar-refractivity contribution in [2.45, 2.75) is 38.3 Å². The van der Waals surface area contributed by atoms with E-state index in [0.29, 0.717) is 43.6 Å². The highest BCUT2D eigenvalue weighted by Gasteiger charge is 2.50. The highest BCUT2D eigenvalue weighted by atomic mass is 19.1. The van der Waals surface area contributed by atoms with E-state index in [1.54, 1.807) is 0 Å². The molecule has 0 radical (unpaired) electrons. The van der Waals surface area contributed by atoms with Crippen LogP contribution in [0.5, 0.6) is 0 Å². The van der Waals surface area contributed by atoms with Crippen LogP contribution in [0.15, 0.2) is 18.2 Å². The first-order valence-corrected chi connectivity index (χ1v) is 9.69. The van der Waals surface area contributed by atoms with E-state index in [4.69, 9.17) is 5.73 Å². The Balaban J connectivity index is 1.37. The maximum absolute atomic E-state index is 14.0. The second-order valence-electron chi connectivity index (χ2n) is 8.14. The van der Waals surface area contributed by atoms with Crippen molar-refractivity contribution in [2.75, 3.05) is 26.2 Å². The first-order chi connectivity index (χ1) is 12.5. The summed E-state index contributed by atoms with van der Waals surface area (Å²) < 4.78 is 27.2. The van der Waals surface area contributed by atoms with Crippen molar-refractivity contribution in [1.29, 1.82) is 0 Å². The second-order valence-corrected chi connectivity index (χ2v) is 8.14. The van der Waals surface area contributed by atoms with Crippen molar-refractivity contribution < 1.29 is 13.6 Å². The number of piperazine rings is 1. The Kier molecular flexibility index (Phi) is 4.73. The standard InChI is InChI=1S/C20H27F2N3O/c1-12(16-5-4-15(21)11-17(16)22)24-6-8-25(9-7-24)20(26)18-13-2-3-14(10-13)19(18)23/h4-5,11-14,18-19H,2-3,6-10,23H2,1H3. The predicted octanol–water partition coefficient (Wildman–Crippen LogP) is 2.54. The van der Waals surface area contributed by atoms with Gasteiger partial charge in [-0.2, -0.15) is 0 Å². The first-order valence-electron chi connectivity index (χ1n) is 9.69. The van der Waals surface area contributed by atoms with E-state index in [2.05, 4.69) is 4.90 Å². The molecule has 1 aliphatic heterocycles. The van der Waals surface area contributed by atoms with Crippen molar-refractivity contribution in [3.63, 3.8) is 0 Å². The maximum Gasteiger partial charge on any atom is 0.227 e. The molecule has 0 spiro atoms. The van der Waals surface area contributed by atoms with Crippen LogP contribution in [0.4, 0.5) is 8.78 Å². The normalized spacial score (nSPS) is 32.8. The molecule has 1 aromatic carbocycles. The van der Waals surface area contributed by atoms with Gasteiger partial charge in [0.1, 0.15) is 11.6 Å². The molecular weight excluding hydrogens is 336 g/mol. The molecule has 2 bridgehead atoms. The average molecular weight is 363 g/mol. The quantitative estimate of drug-likeness (QED) is 0.898. The van der Waals surface area contributed by atoms with Crippen molar-refractivity contribution in [3.8, 4) is 0 Å². The van der Waals surface area contributed by atoms with E-state index in [-0.39, 0.29) is 23.9 Å². The fourth-order valence-electron chi connectivity index (χ4n) is 5.28. The molecule has 26 heavy (non-hydrogen) atoms. The summed E-state index contributed by atoms with van der Waals surface area (Å²) in [7, 11) is 0. The number of hydrogen-bond acceptors (Lipinski definition) is 3. The number of amides is 1. The molecule has 2 aliphatic carbocycles. The maximum atomic E-state index is 14.0. The zero-order valence-electron chi connectivity index (χ0n) is 15.2. The Labute approximate surface area is 153 Å². The third kappa shape index (κ3) is 3.03. The molecule has 2 saturated carbocycles. The van der Waals surface area contributed by atoms with Crippen molar-refractivity contribution in [2.24, 2.45) is 23.5 Å². The number of nitrogens with zero attached hydrogens (tertiary/aromatic N) is 2. The van der Waals surface area contributed by atoms with Crippen molar-refractivity contribution >= 4 is 5.91 Å². The Morgan fingerprint density at radius 1 is 1.15 bits per heavy atom. The van der Waals surface area contributed by atoms with E-state index in [0.717, 1.165) is 18.9 Å². The lowest BCUT2D eigenvalue weighted by Gasteiger charge is -2.40. The summed E-state index contributed by atoms with van der Waals surface area (Å²) in [6, 6.07) is 3.62. The van der Waals surface area contributed by atoms with E-state index < -0.39 is 11.6 Å². The molecule has 3 fully saturated rings. The molecular formula is C20H27F2N3O. The molecule has 4 rings (SSSR count). The van der Waals surface area contributed by atoms with Gasteiger partial charge in [0.15, 0.2) is 0 Å². The van der Waals surface area contributed by atoms with Crippen LogP contribution >= 0.6 is 0 Å². The van der Waals surface area contributed by atoms with Gasteiger partial charge in [0.2, 0.25) is 5.91 Å². The molecule has 0 aromatic heterocycles. The minimum Gasteiger partial charge on any atom is -0.340 e. The molecule has 5 unspecified atom stereocenters. The fourth-order valence-corrected chi connectivity index (χ4v) is 5.28. The van der Waals surface area contributed by atoms with Gasteiger partial charge in [-0.3, -0.25) is 9.69 Å². The SMILES string of the molecule is CC(c1ccc(F)cc1F)N1CCN(C(=O)C2C3CCC(C3)C2N)CC1. The Bertz CT molecular complexity index is 688. The van der Waals surface area contributed by atoms with Crippen LogP contribution in [0.2, 0.25) is 0 Å². The summed E-state index contributed by atoms with van der Waals surface area (Å²) in [6.45, 7) is 4.61. The number of fused-ring (bicyclic) bond motifs is 2. The highest BCUT2D eigenvalue weighted by Crippen LogP contribution is 2.48. The van der Waals surface area contributed by atoms with Crippen LogP contribution in [0, 0.1) is 29.4 Å². The van der Waals surface area contributed by atoms with Crippen LogP contribution in [0.25, 0.3) is 0 Å². The zero-order valence-corrected chi connectivity index (χ0v) is 15.2. The number of rotatable bonds is 3. The topological polar surface area (TPSA) is 49.6 Å². The second kappa shape index (κ2) is 6.89. The van der Waals surface area contributed by atoms with Gasteiger partial charge in [-0.25, -0.2) is 8.78 Å². The Morgan fingerprint density at radius 3 is 2.46 bits per heavy atom. The van der Waals surface area contributed by atoms with Gasteiger partial charge in [0.05, 0.1) is 5.92 Å². The van der Waals surface area contributed by atoms with Gasteiger partial charge in [-0.1, -0.05) is 6.07 Å². The number of halogens is 2. The smallest absolute Gasteiger partial charge is 0.227 e. The molecule has 6 heteroatoms. The monoisotopic (exact) mass is 363 g/mol. The zero-order chi connectivity index (χ0) is 18.4. The summed E-state index contributed by atoms with van der Waals surface area (Å²) in [5.74, 6) is 0.127. The van der Waals surface area contributed by atoms with E-state index >= 15 is 0 Å².